The second kappa shape index (κ2) is 4.34. The van der Waals surface area contributed by atoms with Crippen LogP contribution >= 0.6 is 0 Å². The summed E-state index contributed by atoms with van der Waals surface area (Å²) in [6, 6.07) is 12.4. The number of hydrogen-bond acceptors (Lipinski definition) is 5. The monoisotopic (exact) mass is 280 g/mol. The molecule has 2 aromatic carbocycles. The van der Waals surface area contributed by atoms with Crippen LogP contribution in [0.4, 0.5) is 0 Å². The summed E-state index contributed by atoms with van der Waals surface area (Å²) in [6.07, 6.45) is 0.900. The van der Waals surface area contributed by atoms with Gasteiger partial charge in [0.05, 0.1) is 11.5 Å². The van der Waals surface area contributed by atoms with Crippen LogP contribution in [0.2, 0.25) is 0 Å². The molecule has 4 rings (SSSR count). The largest absolute Gasteiger partial charge is 0.508 e. The van der Waals surface area contributed by atoms with Crippen LogP contribution in [0.5, 0.6) is 11.5 Å². The maximum atomic E-state index is 9.83. The fourth-order valence-electron chi connectivity index (χ4n) is 2.68. The van der Waals surface area contributed by atoms with Crippen LogP contribution in [0.1, 0.15) is 22.9 Å². The highest BCUT2D eigenvalue weighted by Crippen LogP contribution is 2.39. The predicted molar refractivity (Wildman–Crippen MR) is 75.1 cm³/mol. The molecule has 5 heteroatoms. The van der Waals surface area contributed by atoms with Crippen molar-refractivity contribution in [2.45, 2.75) is 12.3 Å². The first-order chi connectivity index (χ1) is 10.2. The molecule has 0 aliphatic heterocycles. The molecule has 0 spiro atoms. The Bertz CT molecular complexity index is 826. The number of phenolic OH excluding ortho intramolecular Hbond substituents is 2. The summed E-state index contributed by atoms with van der Waals surface area (Å²) in [5.41, 5.74) is 2.94. The molecular formula is C16H12N2O3. The van der Waals surface area contributed by atoms with E-state index < -0.39 is 0 Å². The number of fused-ring (bicyclic) bond motifs is 1. The first kappa shape index (κ1) is 12.0. The Balaban J connectivity index is 1.68. The van der Waals surface area contributed by atoms with E-state index in [4.69, 9.17) is 4.52 Å². The van der Waals surface area contributed by atoms with Gasteiger partial charge in [-0.2, -0.15) is 4.98 Å². The molecule has 0 saturated heterocycles. The van der Waals surface area contributed by atoms with Crippen molar-refractivity contribution >= 4 is 0 Å². The van der Waals surface area contributed by atoms with Gasteiger partial charge in [0.25, 0.3) is 5.89 Å². The van der Waals surface area contributed by atoms with Crippen molar-refractivity contribution in [1.82, 2.24) is 10.1 Å². The SMILES string of the molecule is Oc1ccc(-c2nc(C3Cc4ccccc43)no2)c(O)c1. The summed E-state index contributed by atoms with van der Waals surface area (Å²) in [7, 11) is 0. The van der Waals surface area contributed by atoms with Crippen molar-refractivity contribution in [2.24, 2.45) is 0 Å². The molecule has 0 fully saturated rings. The van der Waals surface area contributed by atoms with Crippen LogP contribution in [-0.2, 0) is 6.42 Å². The van der Waals surface area contributed by atoms with Gasteiger partial charge in [0.1, 0.15) is 11.5 Å². The van der Waals surface area contributed by atoms with E-state index in [0.29, 0.717) is 11.4 Å². The molecule has 0 saturated carbocycles. The van der Waals surface area contributed by atoms with Crippen LogP contribution in [-0.4, -0.2) is 20.4 Å². The number of benzene rings is 2. The lowest BCUT2D eigenvalue weighted by atomic mass is 9.77. The molecule has 1 aromatic heterocycles. The highest BCUT2D eigenvalue weighted by Gasteiger charge is 2.31. The molecule has 0 bridgehead atoms. The fourth-order valence-corrected chi connectivity index (χ4v) is 2.68. The van der Waals surface area contributed by atoms with E-state index >= 15 is 0 Å². The van der Waals surface area contributed by atoms with Crippen molar-refractivity contribution in [2.75, 3.05) is 0 Å². The van der Waals surface area contributed by atoms with Crippen molar-refractivity contribution < 1.29 is 14.7 Å². The molecule has 0 radical (unpaired) electrons. The quantitative estimate of drug-likeness (QED) is 0.754. The number of phenols is 2. The Morgan fingerprint density at radius 2 is 1.95 bits per heavy atom. The van der Waals surface area contributed by atoms with Gasteiger partial charge >= 0.3 is 0 Å². The van der Waals surface area contributed by atoms with Gasteiger partial charge < -0.3 is 14.7 Å². The molecule has 1 atom stereocenters. The smallest absolute Gasteiger partial charge is 0.261 e. The van der Waals surface area contributed by atoms with Crippen LogP contribution in [0.25, 0.3) is 11.5 Å². The van der Waals surface area contributed by atoms with Crippen molar-refractivity contribution in [3.8, 4) is 23.0 Å². The summed E-state index contributed by atoms with van der Waals surface area (Å²) in [6.45, 7) is 0. The van der Waals surface area contributed by atoms with Crippen molar-refractivity contribution in [3.63, 3.8) is 0 Å². The normalized spacial score (nSPS) is 16.3. The number of aromatic hydroxyl groups is 2. The molecule has 0 amide bonds. The van der Waals surface area contributed by atoms with Crippen LogP contribution in [0.15, 0.2) is 47.0 Å². The number of aromatic nitrogens is 2. The Hall–Kier alpha value is -2.82. The molecule has 21 heavy (non-hydrogen) atoms. The third-order valence-corrected chi connectivity index (χ3v) is 3.82. The van der Waals surface area contributed by atoms with E-state index in [9.17, 15) is 10.2 Å². The zero-order valence-electron chi connectivity index (χ0n) is 11.0. The minimum atomic E-state index is -0.0841. The van der Waals surface area contributed by atoms with E-state index in [1.54, 1.807) is 6.07 Å². The fraction of sp³-hybridized carbons (Fsp3) is 0.125. The summed E-state index contributed by atoms with van der Waals surface area (Å²) in [4.78, 5) is 4.37. The van der Waals surface area contributed by atoms with Gasteiger partial charge in [-0.25, -0.2) is 0 Å². The van der Waals surface area contributed by atoms with Gasteiger partial charge in [-0.15, -0.1) is 0 Å². The summed E-state index contributed by atoms with van der Waals surface area (Å²) >= 11 is 0. The third-order valence-electron chi connectivity index (χ3n) is 3.82. The molecule has 2 N–H and O–H groups in total. The Morgan fingerprint density at radius 1 is 1.10 bits per heavy atom. The second-order valence-electron chi connectivity index (χ2n) is 5.11. The Labute approximate surface area is 120 Å². The van der Waals surface area contributed by atoms with Gasteiger partial charge in [0.15, 0.2) is 5.82 Å². The highest BCUT2D eigenvalue weighted by atomic mass is 16.5. The topological polar surface area (TPSA) is 79.4 Å². The van der Waals surface area contributed by atoms with Gasteiger partial charge in [0, 0.05) is 6.07 Å². The highest BCUT2D eigenvalue weighted by molar-refractivity contribution is 5.63. The van der Waals surface area contributed by atoms with E-state index in [1.165, 1.54) is 23.3 Å². The number of hydrogen-bond donors (Lipinski definition) is 2. The van der Waals surface area contributed by atoms with E-state index in [0.717, 1.165) is 6.42 Å². The standard InChI is InChI=1S/C16H12N2O3/c19-10-5-6-12(14(20)8-10)16-17-15(18-21-16)13-7-9-3-1-2-4-11(9)13/h1-6,8,13,19-20H,7H2. The number of nitrogens with zero attached hydrogens (tertiary/aromatic N) is 2. The first-order valence-electron chi connectivity index (χ1n) is 6.66. The maximum Gasteiger partial charge on any atom is 0.261 e. The average Bonchev–Trinajstić information content (AvgIpc) is 2.89. The molecule has 1 unspecified atom stereocenters. The molecule has 104 valence electrons. The summed E-state index contributed by atoms with van der Waals surface area (Å²) in [5, 5.41) is 23.2. The van der Waals surface area contributed by atoms with Crippen molar-refractivity contribution in [3.05, 3.63) is 59.4 Å². The summed E-state index contributed by atoms with van der Waals surface area (Å²) in [5.74, 6) is 0.934. The van der Waals surface area contributed by atoms with Gasteiger partial charge in [-0.3, -0.25) is 0 Å². The summed E-state index contributed by atoms with van der Waals surface area (Å²) < 4.78 is 5.24. The number of rotatable bonds is 2. The zero-order chi connectivity index (χ0) is 14.4. The van der Waals surface area contributed by atoms with Gasteiger partial charge in [-0.1, -0.05) is 29.4 Å². The molecule has 1 aliphatic carbocycles. The lowest BCUT2D eigenvalue weighted by Gasteiger charge is -2.27. The molecule has 3 aromatic rings. The second-order valence-corrected chi connectivity index (χ2v) is 5.11. The lowest BCUT2D eigenvalue weighted by Crippen LogP contribution is -2.19. The van der Waals surface area contributed by atoms with E-state index in [-0.39, 0.29) is 23.3 Å². The molecular weight excluding hydrogens is 268 g/mol. The van der Waals surface area contributed by atoms with Gasteiger partial charge in [0.2, 0.25) is 0 Å². The first-order valence-corrected chi connectivity index (χ1v) is 6.66. The van der Waals surface area contributed by atoms with Crippen LogP contribution < -0.4 is 0 Å². The Morgan fingerprint density at radius 3 is 2.76 bits per heavy atom. The molecule has 1 heterocycles. The molecule has 1 aliphatic rings. The molecule has 5 nitrogen and oxygen atoms in total. The minimum absolute atomic E-state index is 0.0103. The van der Waals surface area contributed by atoms with E-state index in [1.807, 2.05) is 12.1 Å². The third kappa shape index (κ3) is 1.86. The minimum Gasteiger partial charge on any atom is -0.508 e. The zero-order valence-corrected chi connectivity index (χ0v) is 11.0. The Kier molecular flexibility index (Phi) is 2.47. The maximum absolute atomic E-state index is 9.83. The lowest BCUT2D eigenvalue weighted by molar-refractivity contribution is 0.411. The van der Waals surface area contributed by atoms with E-state index in [2.05, 4.69) is 22.3 Å². The van der Waals surface area contributed by atoms with Crippen LogP contribution in [0.3, 0.4) is 0 Å². The van der Waals surface area contributed by atoms with Gasteiger partial charge in [-0.05, 0) is 29.7 Å². The average molecular weight is 280 g/mol. The van der Waals surface area contributed by atoms with Crippen LogP contribution in [0, 0.1) is 0 Å². The van der Waals surface area contributed by atoms with Crippen molar-refractivity contribution in [1.29, 1.82) is 0 Å². The predicted octanol–water partition coefficient (Wildman–Crippen LogP) is 2.84.